The highest BCUT2D eigenvalue weighted by atomic mass is 35.5. The van der Waals surface area contributed by atoms with Crippen LogP contribution in [0.3, 0.4) is 0 Å². The van der Waals surface area contributed by atoms with Crippen molar-refractivity contribution in [2.45, 2.75) is 57.9 Å². The molecule has 8 nitrogen and oxygen atoms in total. The summed E-state index contributed by atoms with van der Waals surface area (Å²) in [4.78, 5) is 37.2. The molecule has 3 heterocycles. The standard InChI is InChI=1S/C31H33ClN6O2S/c1-18(39)34-31-35-25-12-11-23-28(21-5-4-14-33-17-21)36-38(29(23)30(25)41-31)26-13-8-20(16-24(26)32)27(40)15-19-6-9-22(10-7-19)37(2)3/h4-5,8,13-14,16-17,19,22H,6-7,9-12,15H2,1-3H3,(H,34,35,39). The van der Waals surface area contributed by atoms with Crippen LogP contribution in [-0.2, 0) is 17.6 Å². The zero-order valence-corrected chi connectivity index (χ0v) is 25.1. The van der Waals surface area contributed by atoms with Crippen LogP contribution in [0.25, 0.3) is 27.5 Å². The molecule has 212 valence electrons. The smallest absolute Gasteiger partial charge is 0.223 e. The Labute approximate surface area is 248 Å². The molecule has 4 aromatic rings. The second-order valence-corrected chi connectivity index (χ2v) is 12.6. The van der Waals surface area contributed by atoms with E-state index in [4.69, 9.17) is 16.7 Å². The summed E-state index contributed by atoms with van der Waals surface area (Å²) in [6.07, 6.45) is 10.0. The van der Waals surface area contributed by atoms with Gasteiger partial charge in [-0.25, -0.2) is 9.67 Å². The van der Waals surface area contributed by atoms with E-state index in [0.717, 1.165) is 71.6 Å². The molecule has 1 N–H and O–H groups in total. The van der Waals surface area contributed by atoms with E-state index in [1.807, 2.05) is 35.1 Å². The number of fused-ring (bicyclic) bond motifs is 3. The van der Waals surface area contributed by atoms with Crippen LogP contribution in [0.5, 0.6) is 0 Å². The molecule has 0 atom stereocenters. The lowest BCUT2D eigenvalue weighted by Gasteiger charge is -2.32. The van der Waals surface area contributed by atoms with Crippen LogP contribution in [0, 0.1) is 5.92 Å². The number of hydrogen-bond donors (Lipinski definition) is 1. The molecular weight excluding hydrogens is 556 g/mol. The third-order valence-corrected chi connectivity index (χ3v) is 9.57. The Morgan fingerprint density at radius 2 is 1.95 bits per heavy atom. The lowest BCUT2D eigenvalue weighted by molar-refractivity contribution is -0.114. The van der Waals surface area contributed by atoms with Gasteiger partial charge in [0, 0.05) is 48.5 Å². The molecule has 2 aliphatic rings. The molecule has 0 unspecified atom stereocenters. The van der Waals surface area contributed by atoms with Crippen molar-refractivity contribution < 1.29 is 9.59 Å². The number of ketones is 1. The lowest BCUT2D eigenvalue weighted by atomic mass is 9.82. The van der Waals surface area contributed by atoms with Gasteiger partial charge in [0.15, 0.2) is 10.9 Å². The van der Waals surface area contributed by atoms with Gasteiger partial charge in [-0.3, -0.25) is 14.6 Å². The summed E-state index contributed by atoms with van der Waals surface area (Å²) in [5, 5.41) is 8.91. The highest BCUT2D eigenvalue weighted by Gasteiger charge is 2.31. The molecule has 2 aliphatic carbocycles. The monoisotopic (exact) mass is 588 g/mol. The maximum atomic E-state index is 13.3. The zero-order chi connectivity index (χ0) is 28.7. The third-order valence-electron chi connectivity index (χ3n) is 8.24. The second kappa shape index (κ2) is 11.5. The molecule has 0 saturated heterocycles. The van der Waals surface area contributed by atoms with E-state index < -0.39 is 0 Å². The van der Waals surface area contributed by atoms with Crippen LogP contribution in [0.4, 0.5) is 5.13 Å². The van der Waals surface area contributed by atoms with Crippen LogP contribution >= 0.6 is 22.9 Å². The number of anilines is 1. The molecule has 6 rings (SSSR count). The van der Waals surface area contributed by atoms with Gasteiger partial charge in [-0.05, 0) is 88.9 Å². The van der Waals surface area contributed by atoms with Crippen molar-refractivity contribution in [1.29, 1.82) is 0 Å². The van der Waals surface area contributed by atoms with Gasteiger partial charge in [0.2, 0.25) is 5.91 Å². The number of halogens is 1. The van der Waals surface area contributed by atoms with Gasteiger partial charge in [0.25, 0.3) is 0 Å². The van der Waals surface area contributed by atoms with Gasteiger partial charge < -0.3 is 10.2 Å². The van der Waals surface area contributed by atoms with Crippen molar-refractivity contribution in [2.24, 2.45) is 5.92 Å². The Bertz CT molecular complexity index is 1600. The summed E-state index contributed by atoms with van der Waals surface area (Å²) in [6, 6.07) is 10.0. The number of carbonyl (C=O) groups is 2. The summed E-state index contributed by atoms with van der Waals surface area (Å²) in [5.74, 6) is 0.393. The number of aryl methyl sites for hydroxylation is 1. The maximum absolute atomic E-state index is 13.3. The molecule has 0 aliphatic heterocycles. The van der Waals surface area contributed by atoms with Gasteiger partial charge in [-0.1, -0.05) is 22.9 Å². The number of carbonyl (C=O) groups excluding carboxylic acids is 2. The number of thiazole rings is 1. The minimum atomic E-state index is -0.157. The Hall–Kier alpha value is -3.40. The van der Waals surface area contributed by atoms with E-state index in [2.05, 4.69) is 34.3 Å². The van der Waals surface area contributed by atoms with E-state index in [-0.39, 0.29) is 11.7 Å². The number of rotatable bonds is 7. The Morgan fingerprint density at radius 1 is 1.15 bits per heavy atom. The maximum Gasteiger partial charge on any atom is 0.223 e. The SMILES string of the molecule is CC(=O)Nc1nc2c(s1)-c1c(c(-c3cccnc3)nn1-c1ccc(C(=O)CC3CCC(N(C)C)CC3)cc1Cl)CC2. The summed E-state index contributed by atoms with van der Waals surface area (Å²) in [7, 11) is 4.27. The van der Waals surface area contributed by atoms with E-state index in [1.54, 1.807) is 12.3 Å². The van der Waals surface area contributed by atoms with E-state index in [0.29, 0.717) is 39.8 Å². The highest BCUT2D eigenvalue weighted by molar-refractivity contribution is 7.19. The van der Waals surface area contributed by atoms with Gasteiger partial charge >= 0.3 is 0 Å². The number of nitrogens with one attached hydrogen (secondary N) is 1. The fourth-order valence-electron chi connectivity index (χ4n) is 6.08. The van der Waals surface area contributed by atoms with Crippen molar-refractivity contribution in [2.75, 3.05) is 19.4 Å². The number of hydrogen-bond acceptors (Lipinski definition) is 7. The normalized spacial score (nSPS) is 18.2. The number of pyridine rings is 1. The predicted octanol–water partition coefficient (Wildman–Crippen LogP) is 6.46. The molecule has 41 heavy (non-hydrogen) atoms. The van der Waals surface area contributed by atoms with E-state index >= 15 is 0 Å². The fourth-order valence-corrected chi connectivity index (χ4v) is 7.46. The molecule has 3 aromatic heterocycles. The largest absolute Gasteiger partial charge is 0.306 e. The summed E-state index contributed by atoms with van der Waals surface area (Å²) >= 11 is 8.34. The van der Waals surface area contributed by atoms with Crippen LogP contribution < -0.4 is 5.32 Å². The van der Waals surface area contributed by atoms with Crippen LogP contribution in [0.15, 0.2) is 42.7 Å². The fraction of sp³-hybridized carbons (Fsp3) is 0.387. The molecule has 0 bridgehead atoms. The molecule has 10 heteroatoms. The van der Waals surface area contributed by atoms with Gasteiger partial charge in [0.05, 0.1) is 32.7 Å². The number of amides is 1. The molecule has 1 saturated carbocycles. The second-order valence-electron chi connectivity index (χ2n) is 11.2. The Balaban J connectivity index is 1.34. The first kappa shape index (κ1) is 27.8. The first-order valence-corrected chi connectivity index (χ1v) is 15.3. The lowest BCUT2D eigenvalue weighted by Crippen LogP contribution is -2.32. The van der Waals surface area contributed by atoms with Crippen LogP contribution in [0.2, 0.25) is 5.02 Å². The third kappa shape index (κ3) is 5.58. The first-order valence-electron chi connectivity index (χ1n) is 14.1. The quantitative estimate of drug-likeness (QED) is 0.249. The first-order chi connectivity index (χ1) is 19.8. The predicted molar refractivity (Wildman–Crippen MR) is 163 cm³/mol. The number of aromatic nitrogens is 4. The summed E-state index contributed by atoms with van der Waals surface area (Å²) in [5.41, 5.74) is 6.03. The molecule has 0 radical (unpaired) electrons. The molecule has 1 fully saturated rings. The molecular formula is C31H33ClN6O2S. The van der Waals surface area contributed by atoms with E-state index in [1.165, 1.54) is 18.3 Å². The Morgan fingerprint density at radius 3 is 2.63 bits per heavy atom. The van der Waals surface area contributed by atoms with Gasteiger partial charge in [-0.2, -0.15) is 5.10 Å². The summed E-state index contributed by atoms with van der Waals surface area (Å²) < 4.78 is 1.87. The average Bonchev–Trinajstić information content (AvgIpc) is 3.54. The number of nitrogens with zero attached hydrogens (tertiary/aromatic N) is 5. The average molecular weight is 589 g/mol. The van der Waals surface area contributed by atoms with Crippen molar-refractivity contribution in [1.82, 2.24) is 24.6 Å². The van der Waals surface area contributed by atoms with Crippen molar-refractivity contribution >= 4 is 39.8 Å². The number of benzene rings is 1. The highest BCUT2D eigenvalue weighted by Crippen LogP contribution is 2.44. The Kier molecular flexibility index (Phi) is 7.76. The van der Waals surface area contributed by atoms with Gasteiger partial charge in [0.1, 0.15) is 0 Å². The minimum Gasteiger partial charge on any atom is -0.306 e. The van der Waals surface area contributed by atoms with Crippen molar-refractivity contribution in [3.8, 4) is 27.5 Å². The van der Waals surface area contributed by atoms with Gasteiger partial charge in [-0.15, -0.1) is 0 Å². The zero-order valence-electron chi connectivity index (χ0n) is 23.5. The van der Waals surface area contributed by atoms with Crippen molar-refractivity contribution in [3.63, 3.8) is 0 Å². The molecule has 1 aromatic carbocycles. The van der Waals surface area contributed by atoms with Crippen LogP contribution in [0.1, 0.15) is 60.6 Å². The van der Waals surface area contributed by atoms with E-state index in [9.17, 15) is 9.59 Å². The van der Waals surface area contributed by atoms with Crippen LogP contribution in [-0.4, -0.2) is 56.5 Å². The summed E-state index contributed by atoms with van der Waals surface area (Å²) in [6.45, 7) is 1.48. The topological polar surface area (TPSA) is 93.0 Å². The molecule has 1 amide bonds. The van der Waals surface area contributed by atoms with Crippen molar-refractivity contribution in [3.05, 3.63) is 64.6 Å². The minimum absolute atomic E-state index is 0.134. The molecule has 0 spiro atoms. The number of Topliss-reactive ketones (excluding diaryl/α,β-unsaturated/α-hetero) is 1.